The molecular weight excluding hydrogens is 182 g/mol. The van der Waals surface area contributed by atoms with Gasteiger partial charge in [-0.2, -0.15) is 0 Å². The summed E-state index contributed by atoms with van der Waals surface area (Å²) in [5.74, 6) is 0.380. The van der Waals surface area contributed by atoms with Crippen LogP contribution in [0.1, 0.15) is 33.6 Å². The highest BCUT2D eigenvalue weighted by atomic mass is 16.6. The number of hydrogen-bond donors (Lipinski definition) is 0. The number of aliphatic imine (C=N–C) groups is 1. The first-order valence-electron chi connectivity index (χ1n) is 4.76. The molecule has 0 aromatic carbocycles. The van der Waals surface area contributed by atoms with E-state index < -0.39 is 5.60 Å². The Kier molecular flexibility index (Phi) is 3.13. The molecular formula is C10H17NO3. The van der Waals surface area contributed by atoms with E-state index in [9.17, 15) is 4.79 Å². The van der Waals surface area contributed by atoms with Crippen LogP contribution in [-0.2, 0) is 14.3 Å². The molecule has 14 heavy (non-hydrogen) atoms. The number of hydrogen-bond acceptors (Lipinski definition) is 4. The third kappa shape index (κ3) is 3.01. The second-order valence-corrected chi connectivity index (χ2v) is 4.31. The topological polar surface area (TPSA) is 47.9 Å². The largest absolute Gasteiger partial charge is 0.484 e. The highest BCUT2D eigenvalue weighted by Crippen LogP contribution is 2.18. The zero-order valence-electron chi connectivity index (χ0n) is 9.16. The molecule has 4 heteroatoms. The number of carbonyl (C=O) groups is 1. The molecule has 0 bridgehead atoms. The van der Waals surface area contributed by atoms with Crippen molar-refractivity contribution in [3.05, 3.63) is 0 Å². The number of methoxy groups -OCH3 is 1. The number of nitrogens with zero attached hydrogens (tertiary/aromatic N) is 1. The van der Waals surface area contributed by atoms with Crippen molar-refractivity contribution >= 4 is 11.9 Å². The lowest BCUT2D eigenvalue weighted by atomic mass is 10.1. The molecule has 0 aromatic heterocycles. The summed E-state index contributed by atoms with van der Waals surface area (Å²) in [7, 11) is 1.57. The summed E-state index contributed by atoms with van der Waals surface area (Å²) in [6.45, 7) is 5.54. The lowest BCUT2D eigenvalue weighted by Gasteiger charge is -2.20. The van der Waals surface area contributed by atoms with Gasteiger partial charge in [-0.15, -0.1) is 0 Å². The number of rotatable bonds is 1. The van der Waals surface area contributed by atoms with Crippen molar-refractivity contribution in [3.8, 4) is 0 Å². The number of carbonyl (C=O) groups excluding carboxylic acids is 1. The van der Waals surface area contributed by atoms with Crippen LogP contribution < -0.4 is 0 Å². The molecule has 0 unspecified atom stereocenters. The minimum Gasteiger partial charge on any atom is -0.484 e. The second kappa shape index (κ2) is 3.98. The van der Waals surface area contributed by atoms with Crippen LogP contribution in [0.2, 0.25) is 0 Å². The summed E-state index contributed by atoms with van der Waals surface area (Å²) in [6.07, 6.45) is 1.42. The Morgan fingerprint density at radius 3 is 2.57 bits per heavy atom. The van der Waals surface area contributed by atoms with E-state index >= 15 is 0 Å². The molecule has 0 amide bonds. The number of ether oxygens (including phenoxy) is 2. The Labute approximate surface area is 84.3 Å². The molecule has 1 heterocycles. The SMILES string of the molecule is COC1=N[C@H](C(=O)OC(C)(C)C)CC1. The van der Waals surface area contributed by atoms with Crippen LogP contribution in [0, 0.1) is 0 Å². The van der Waals surface area contributed by atoms with E-state index in [-0.39, 0.29) is 12.0 Å². The van der Waals surface area contributed by atoms with Crippen LogP contribution in [0.4, 0.5) is 0 Å². The summed E-state index contributed by atoms with van der Waals surface area (Å²) in [4.78, 5) is 15.6. The Hall–Kier alpha value is -1.06. The maximum absolute atomic E-state index is 11.5. The molecule has 0 saturated carbocycles. The summed E-state index contributed by atoms with van der Waals surface area (Å²) >= 11 is 0. The van der Waals surface area contributed by atoms with Gasteiger partial charge < -0.3 is 9.47 Å². The standard InChI is InChI=1S/C10H17NO3/c1-10(2,3)14-9(12)7-5-6-8(11-7)13-4/h7H,5-6H2,1-4H3/t7-/m0/s1. The highest BCUT2D eigenvalue weighted by Gasteiger charge is 2.29. The first-order valence-corrected chi connectivity index (χ1v) is 4.76. The van der Waals surface area contributed by atoms with Crippen molar-refractivity contribution in [1.29, 1.82) is 0 Å². The molecule has 0 aromatic rings. The van der Waals surface area contributed by atoms with Gasteiger partial charge in [0.2, 0.25) is 0 Å². The predicted molar refractivity (Wildman–Crippen MR) is 53.3 cm³/mol. The molecule has 4 nitrogen and oxygen atoms in total. The fourth-order valence-electron chi connectivity index (χ4n) is 1.26. The summed E-state index contributed by atoms with van der Waals surface area (Å²) < 4.78 is 10.2. The Bertz CT molecular complexity index is 253. The van der Waals surface area contributed by atoms with Gasteiger partial charge >= 0.3 is 5.97 Å². The zero-order valence-corrected chi connectivity index (χ0v) is 9.16. The molecule has 0 N–H and O–H groups in total. The molecule has 1 aliphatic rings. The van der Waals surface area contributed by atoms with Crippen LogP contribution in [0.5, 0.6) is 0 Å². The van der Waals surface area contributed by atoms with E-state index in [1.54, 1.807) is 7.11 Å². The Morgan fingerprint density at radius 2 is 2.14 bits per heavy atom. The highest BCUT2D eigenvalue weighted by molar-refractivity contribution is 5.86. The maximum Gasteiger partial charge on any atom is 0.331 e. The van der Waals surface area contributed by atoms with Gasteiger partial charge in [-0.1, -0.05) is 0 Å². The van der Waals surface area contributed by atoms with Gasteiger partial charge in [0.15, 0.2) is 11.9 Å². The third-order valence-corrected chi connectivity index (χ3v) is 1.85. The van der Waals surface area contributed by atoms with Crippen LogP contribution in [0.15, 0.2) is 4.99 Å². The maximum atomic E-state index is 11.5. The summed E-state index contributed by atoms with van der Waals surface area (Å²) in [5, 5.41) is 0. The minimum absolute atomic E-state index is 0.260. The van der Waals surface area contributed by atoms with Crippen LogP contribution in [0.3, 0.4) is 0 Å². The quantitative estimate of drug-likeness (QED) is 0.602. The lowest BCUT2D eigenvalue weighted by Crippen LogP contribution is -2.29. The molecule has 1 aliphatic heterocycles. The first-order chi connectivity index (χ1) is 6.42. The lowest BCUT2D eigenvalue weighted by molar-refractivity contribution is -0.156. The van der Waals surface area contributed by atoms with Gasteiger partial charge in [0.25, 0.3) is 0 Å². The second-order valence-electron chi connectivity index (χ2n) is 4.31. The van der Waals surface area contributed by atoms with E-state index in [2.05, 4.69) is 4.99 Å². The predicted octanol–water partition coefficient (Wildman–Crippen LogP) is 1.54. The summed E-state index contributed by atoms with van der Waals surface area (Å²) in [5.41, 5.74) is -0.442. The summed E-state index contributed by atoms with van der Waals surface area (Å²) in [6, 6.07) is -0.371. The fourth-order valence-corrected chi connectivity index (χ4v) is 1.26. The van der Waals surface area contributed by atoms with E-state index in [0.717, 1.165) is 6.42 Å². The smallest absolute Gasteiger partial charge is 0.331 e. The van der Waals surface area contributed by atoms with Crippen molar-refractivity contribution in [3.63, 3.8) is 0 Å². The van der Waals surface area contributed by atoms with Gasteiger partial charge in [-0.25, -0.2) is 9.79 Å². The molecule has 0 spiro atoms. The van der Waals surface area contributed by atoms with Gasteiger partial charge in [0.05, 0.1) is 7.11 Å². The average molecular weight is 199 g/mol. The minimum atomic E-state index is -0.442. The van der Waals surface area contributed by atoms with E-state index in [4.69, 9.17) is 9.47 Å². The van der Waals surface area contributed by atoms with Crippen molar-refractivity contribution in [2.75, 3.05) is 7.11 Å². The molecule has 0 aliphatic carbocycles. The molecule has 80 valence electrons. The monoisotopic (exact) mass is 199 g/mol. The molecule has 0 fully saturated rings. The van der Waals surface area contributed by atoms with E-state index in [1.807, 2.05) is 20.8 Å². The average Bonchev–Trinajstić information content (AvgIpc) is 2.48. The van der Waals surface area contributed by atoms with Crippen LogP contribution in [-0.4, -0.2) is 30.6 Å². The van der Waals surface area contributed by atoms with Gasteiger partial charge in [0.1, 0.15) is 5.60 Å². The van der Waals surface area contributed by atoms with Gasteiger partial charge in [-0.05, 0) is 27.2 Å². The third-order valence-electron chi connectivity index (χ3n) is 1.85. The molecule has 1 rings (SSSR count). The van der Waals surface area contributed by atoms with E-state index in [1.165, 1.54) is 0 Å². The van der Waals surface area contributed by atoms with Gasteiger partial charge in [0, 0.05) is 6.42 Å². The van der Waals surface area contributed by atoms with Crippen molar-refractivity contribution < 1.29 is 14.3 Å². The van der Waals surface area contributed by atoms with Crippen molar-refractivity contribution in [1.82, 2.24) is 0 Å². The van der Waals surface area contributed by atoms with E-state index in [0.29, 0.717) is 12.3 Å². The molecule has 0 radical (unpaired) electrons. The van der Waals surface area contributed by atoms with Crippen molar-refractivity contribution in [2.45, 2.75) is 45.3 Å². The Balaban J connectivity index is 2.52. The van der Waals surface area contributed by atoms with Gasteiger partial charge in [-0.3, -0.25) is 0 Å². The number of esters is 1. The molecule has 1 atom stereocenters. The van der Waals surface area contributed by atoms with Crippen LogP contribution >= 0.6 is 0 Å². The van der Waals surface area contributed by atoms with Crippen LogP contribution in [0.25, 0.3) is 0 Å². The zero-order chi connectivity index (χ0) is 10.8. The normalized spacial score (nSPS) is 21.7. The van der Waals surface area contributed by atoms with Crippen molar-refractivity contribution in [2.24, 2.45) is 4.99 Å². The first kappa shape index (κ1) is 11.0. The molecule has 0 saturated heterocycles. The fraction of sp³-hybridized carbons (Fsp3) is 0.800. The Morgan fingerprint density at radius 1 is 1.50 bits per heavy atom.